The monoisotopic (exact) mass is 372 g/mol. The maximum absolute atomic E-state index is 5.87. The average molecular weight is 372 g/mol. The number of hydrogen-bond donors (Lipinski definition) is 0. The number of aryl methyl sites for hydroxylation is 3. The second-order valence-electron chi connectivity index (χ2n) is 6.40. The second-order valence-corrected chi connectivity index (χ2v) is 6.40. The Morgan fingerprint density at radius 2 is 1.82 bits per heavy atom. The number of fused-ring (bicyclic) bond motifs is 1. The molecule has 8 heteroatoms. The first-order chi connectivity index (χ1) is 13.8. The molecule has 0 atom stereocenters. The summed E-state index contributed by atoms with van der Waals surface area (Å²) in [4.78, 5) is 8.59. The van der Waals surface area contributed by atoms with Crippen LogP contribution in [0.25, 0.3) is 33.9 Å². The number of benzene rings is 1. The molecule has 1 aromatic carbocycles. The van der Waals surface area contributed by atoms with E-state index in [9.17, 15) is 0 Å². The van der Waals surface area contributed by atoms with Gasteiger partial charge in [-0.2, -0.15) is 4.98 Å². The first-order valence-electron chi connectivity index (χ1n) is 8.89. The fourth-order valence-corrected chi connectivity index (χ4v) is 3.14. The molecule has 0 saturated heterocycles. The van der Waals surface area contributed by atoms with E-state index in [-0.39, 0.29) is 0 Å². The molecule has 0 saturated carbocycles. The van der Waals surface area contributed by atoms with Crippen molar-refractivity contribution in [3.8, 4) is 23.0 Å². The Labute approximate surface area is 159 Å². The van der Waals surface area contributed by atoms with Crippen LogP contribution in [-0.2, 0) is 19.9 Å². The maximum atomic E-state index is 5.87. The summed E-state index contributed by atoms with van der Waals surface area (Å²) in [5.41, 5.74) is 2.71. The molecule has 5 rings (SSSR count). The van der Waals surface area contributed by atoms with Gasteiger partial charge in [0.15, 0.2) is 0 Å². The summed E-state index contributed by atoms with van der Waals surface area (Å²) >= 11 is 0. The highest BCUT2D eigenvalue weighted by Crippen LogP contribution is 2.29. The van der Waals surface area contributed by atoms with Crippen LogP contribution in [0.2, 0.25) is 0 Å². The Hall–Kier alpha value is -3.81. The number of hydrogen-bond acceptors (Lipinski definition) is 7. The van der Waals surface area contributed by atoms with E-state index in [4.69, 9.17) is 8.94 Å². The molecule has 0 aliphatic heterocycles. The van der Waals surface area contributed by atoms with Crippen LogP contribution >= 0.6 is 0 Å². The molecule has 0 amide bonds. The van der Waals surface area contributed by atoms with Gasteiger partial charge in [0.2, 0.25) is 23.5 Å². The van der Waals surface area contributed by atoms with Gasteiger partial charge in [0.25, 0.3) is 0 Å². The summed E-state index contributed by atoms with van der Waals surface area (Å²) in [6.07, 6.45) is 4.72. The summed E-state index contributed by atoms with van der Waals surface area (Å²) < 4.78 is 13.2. The van der Waals surface area contributed by atoms with Crippen LogP contribution in [0, 0.1) is 0 Å². The molecule has 0 N–H and O–H groups in total. The van der Waals surface area contributed by atoms with Crippen LogP contribution in [0.1, 0.15) is 11.8 Å². The standard InChI is InChI=1S/C20H16N6O2/c1-26-12-14(13-6-2-3-8-16(13)26)20-24-23-18(27-20)10-9-17-22-19(25-28-17)15-7-4-5-11-21-15/h2-8,11-12H,9-10H2,1H3. The van der Waals surface area contributed by atoms with E-state index in [1.54, 1.807) is 6.20 Å². The lowest BCUT2D eigenvalue weighted by atomic mass is 10.2. The van der Waals surface area contributed by atoms with Crippen LogP contribution in [0.4, 0.5) is 0 Å². The molecule has 0 aliphatic rings. The second kappa shape index (κ2) is 6.73. The predicted molar refractivity (Wildman–Crippen MR) is 101 cm³/mol. The summed E-state index contributed by atoms with van der Waals surface area (Å²) in [5.74, 6) is 2.01. The number of pyridine rings is 1. The Morgan fingerprint density at radius 1 is 0.964 bits per heavy atom. The van der Waals surface area contributed by atoms with Crippen molar-refractivity contribution in [2.75, 3.05) is 0 Å². The number of nitrogens with zero attached hydrogens (tertiary/aromatic N) is 6. The quantitative estimate of drug-likeness (QED) is 0.466. The van der Waals surface area contributed by atoms with Crippen LogP contribution in [0.3, 0.4) is 0 Å². The van der Waals surface area contributed by atoms with Crippen molar-refractivity contribution in [2.45, 2.75) is 12.8 Å². The van der Waals surface area contributed by atoms with Gasteiger partial charge >= 0.3 is 0 Å². The molecule has 0 unspecified atom stereocenters. The summed E-state index contributed by atoms with van der Waals surface area (Å²) in [6, 6.07) is 13.7. The molecule has 138 valence electrons. The molecule has 0 fully saturated rings. The number of rotatable bonds is 5. The van der Waals surface area contributed by atoms with E-state index >= 15 is 0 Å². The fourth-order valence-electron chi connectivity index (χ4n) is 3.14. The minimum Gasteiger partial charge on any atom is -0.421 e. The van der Waals surface area contributed by atoms with E-state index in [2.05, 4.69) is 31.4 Å². The normalized spacial score (nSPS) is 11.3. The van der Waals surface area contributed by atoms with E-state index in [0.717, 1.165) is 16.5 Å². The Morgan fingerprint density at radius 3 is 2.71 bits per heavy atom. The summed E-state index contributed by atoms with van der Waals surface area (Å²) in [7, 11) is 2.00. The van der Waals surface area contributed by atoms with Crippen LogP contribution in [-0.4, -0.2) is 29.9 Å². The topological polar surface area (TPSA) is 95.7 Å². The summed E-state index contributed by atoms with van der Waals surface area (Å²) in [6.45, 7) is 0. The van der Waals surface area contributed by atoms with Crippen molar-refractivity contribution in [3.63, 3.8) is 0 Å². The van der Waals surface area contributed by atoms with Crippen LogP contribution < -0.4 is 0 Å². The van der Waals surface area contributed by atoms with E-state index in [1.807, 2.05) is 54.2 Å². The lowest BCUT2D eigenvalue weighted by Crippen LogP contribution is -1.92. The average Bonchev–Trinajstić information content (AvgIpc) is 3.46. The van der Waals surface area contributed by atoms with Crippen molar-refractivity contribution >= 4 is 10.9 Å². The van der Waals surface area contributed by atoms with Gasteiger partial charge in [-0.1, -0.05) is 29.4 Å². The Kier molecular flexibility index (Phi) is 3.93. The predicted octanol–water partition coefficient (Wildman–Crippen LogP) is 3.46. The summed E-state index contributed by atoms with van der Waals surface area (Å²) in [5, 5.41) is 13.4. The molecular formula is C20H16N6O2. The van der Waals surface area contributed by atoms with Gasteiger partial charge in [0, 0.05) is 43.2 Å². The molecule has 0 aliphatic carbocycles. The van der Waals surface area contributed by atoms with Gasteiger partial charge in [-0.25, -0.2) is 0 Å². The third-order valence-corrected chi connectivity index (χ3v) is 4.51. The molecule has 0 spiro atoms. The first-order valence-corrected chi connectivity index (χ1v) is 8.89. The van der Waals surface area contributed by atoms with Crippen LogP contribution in [0.5, 0.6) is 0 Å². The lowest BCUT2D eigenvalue weighted by molar-refractivity contribution is 0.373. The van der Waals surface area contributed by atoms with Crippen LogP contribution in [0.15, 0.2) is 63.8 Å². The number of aromatic nitrogens is 6. The SMILES string of the molecule is Cn1cc(-c2nnc(CCc3nc(-c4ccccn4)no3)o2)c2ccccc21. The van der Waals surface area contributed by atoms with Gasteiger partial charge in [-0.15, -0.1) is 10.2 Å². The van der Waals surface area contributed by atoms with Crippen molar-refractivity contribution < 1.29 is 8.94 Å². The largest absolute Gasteiger partial charge is 0.421 e. The highest BCUT2D eigenvalue weighted by molar-refractivity contribution is 5.93. The highest BCUT2D eigenvalue weighted by atomic mass is 16.5. The van der Waals surface area contributed by atoms with Crippen molar-refractivity contribution in [2.24, 2.45) is 7.05 Å². The molecule has 4 heterocycles. The van der Waals surface area contributed by atoms with E-state index in [1.165, 1.54) is 0 Å². The van der Waals surface area contributed by atoms with Gasteiger partial charge < -0.3 is 13.5 Å². The first kappa shape index (κ1) is 16.4. The minimum atomic E-state index is 0.470. The van der Waals surface area contributed by atoms with Crippen molar-refractivity contribution in [1.82, 2.24) is 29.9 Å². The zero-order valence-electron chi connectivity index (χ0n) is 15.1. The van der Waals surface area contributed by atoms with Gasteiger partial charge in [0.1, 0.15) is 5.69 Å². The highest BCUT2D eigenvalue weighted by Gasteiger charge is 2.16. The van der Waals surface area contributed by atoms with Crippen molar-refractivity contribution in [3.05, 3.63) is 66.6 Å². The molecule has 0 bridgehead atoms. The molecule has 0 radical (unpaired) electrons. The molecule has 5 aromatic rings. The van der Waals surface area contributed by atoms with Gasteiger partial charge in [-0.05, 0) is 18.2 Å². The molecule has 28 heavy (non-hydrogen) atoms. The Balaban J connectivity index is 1.33. The third kappa shape index (κ3) is 2.94. The lowest BCUT2D eigenvalue weighted by Gasteiger charge is -1.93. The van der Waals surface area contributed by atoms with E-state index < -0.39 is 0 Å². The van der Waals surface area contributed by atoms with Crippen molar-refractivity contribution in [1.29, 1.82) is 0 Å². The molecule has 8 nitrogen and oxygen atoms in total. The third-order valence-electron chi connectivity index (χ3n) is 4.51. The minimum absolute atomic E-state index is 0.470. The molecule has 4 aromatic heterocycles. The fraction of sp³-hybridized carbons (Fsp3) is 0.150. The Bertz CT molecular complexity index is 1240. The zero-order chi connectivity index (χ0) is 18.9. The maximum Gasteiger partial charge on any atom is 0.249 e. The van der Waals surface area contributed by atoms with Gasteiger partial charge in [0.05, 0.1) is 5.56 Å². The van der Waals surface area contributed by atoms with E-state index in [0.29, 0.717) is 42.0 Å². The number of para-hydroxylation sites is 1. The zero-order valence-corrected chi connectivity index (χ0v) is 15.1. The van der Waals surface area contributed by atoms with Gasteiger partial charge in [-0.3, -0.25) is 4.98 Å². The smallest absolute Gasteiger partial charge is 0.249 e. The molecular weight excluding hydrogens is 356 g/mol.